The van der Waals surface area contributed by atoms with Gasteiger partial charge in [-0.15, -0.1) is 0 Å². The van der Waals surface area contributed by atoms with E-state index in [2.05, 4.69) is 10.3 Å². The summed E-state index contributed by atoms with van der Waals surface area (Å²) in [6, 6.07) is 0. The van der Waals surface area contributed by atoms with Crippen LogP contribution in [0.25, 0.3) is 0 Å². The second-order valence-corrected chi connectivity index (χ2v) is 3.69. The summed E-state index contributed by atoms with van der Waals surface area (Å²) in [5.41, 5.74) is 5.62. The Hall–Kier alpha value is -0.770. The van der Waals surface area contributed by atoms with Crippen LogP contribution < -0.4 is 11.1 Å². The lowest BCUT2D eigenvalue weighted by Gasteiger charge is -2.28. The number of hydrogen-bond acceptors (Lipinski definition) is 4. The summed E-state index contributed by atoms with van der Waals surface area (Å²) in [4.78, 5) is 4.17. The van der Waals surface area contributed by atoms with Crippen LogP contribution in [-0.4, -0.2) is 31.8 Å². The van der Waals surface area contributed by atoms with Crippen LogP contribution >= 0.6 is 0 Å². The monoisotopic (exact) mass is 169 g/mol. The van der Waals surface area contributed by atoms with Gasteiger partial charge in [-0.05, 0) is 18.8 Å². The number of nitrogens with two attached hydrogens (primary N) is 1. The summed E-state index contributed by atoms with van der Waals surface area (Å²) in [7, 11) is 1.72. The van der Waals surface area contributed by atoms with Gasteiger partial charge in [-0.2, -0.15) is 0 Å². The Labute approximate surface area is 72.2 Å². The van der Waals surface area contributed by atoms with Crippen LogP contribution in [-0.2, 0) is 4.74 Å². The minimum absolute atomic E-state index is 0.0266. The van der Waals surface area contributed by atoms with E-state index in [4.69, 9.17) is 10.5 Å². The molecule has 1 aliphatic heterocycles. The van der Waals surface area contributed by atoms with E-state index in [0.29, 0.717) is 18.5 Å². The van der Waals surface area contributed by atoms with Crippen LogP contribution in [0, 0.1) is 5.92 Å². The second kappa shape index (κ2) is 2.62. The Bertz CT molecular complexity index is 212. The molecule has 0 aromatic carbocycles. The molecule has 4 heteroatoms. The lowest BCUT2D eigenvalue weighted by molar-refractivity contribution is 0.117. The van der Waals surface area contributed by atoms with Gasteiger partial charge in [0.15, 0.2) is 5.96 Å². The van der Waals surface area contributed by atoms with Crippen molar-refractivity contribution >= 4 is 5.96 Å². The molecule has 1 saturated carbocycles. The lowest BCUT2D eigenvalue weighted by atomic mass is 9.95. The lowest BCUT2D eigenvalue weighted by Crippen LogP contribution is -2.53. The summed E-state index contributed by atoms with van der Waals surface area (Å²) < 4.78 is 5.19. The highest BCUT2D eigenvalue weighted by molar-refractivity contribution is 5.80. The fourth-order valence-corrected chi connectivity index (χ4v) is 1.88. The number of nitrogens with zero attached hydrogens (tertiary/aromatic N) is 1. The first kappa shape index (κ1) is 7.86. The molecule has 0 spiro atoms. The molecule has 2 aliphatic rings. The highest BCUT2D eigenvalue weighted by atomic mass is 16.5. The Balaban J connectivity index is 2.04. The van der Waals surface area contributed by atoms with E-state index in [1.165, 1.54) is 12.8 Å². The molecule has 12 heavy (non-hydrogen) atoms. The van der Waals surface area contributed by atoms with E-state index < -0.39 is 0 Å². The summed E-state index contributed by atoms with van der Waals surface area (Å²) in [5.74, 6) is 1.28. The molecule has 1 heterocycles. The van der Waals surface area contributed by atoms with Crippen molar-refractivity contribution in [2.24, 2.45) is 16.6 Å². The average molecular weight is 169 g/mol. The van der Waals surface area contributed by atoms with Gasteiger partial charge in [-0.3, -0.25) is 4.99 Å². The number of ether oxygens (including phenoxy) is 1. The van der Waals surface area contributed by atoms with Gasteiger partial charge in [0.2, 0.25) is 0 Å². The topological polar surface area (TPSA) is 59.6 Å². The van der Waals surface area contributed by atoms with Gasteiger partial charge in [-0.1, -0.05) is 0 Å². The molecule has 0 aromatic heterocycles. The third-order valence-corrected chi connectivity index (χ3v) is 2.67. The second-order valence-electron chi connectivity index (χ2n) is 3.69. The third-order valence-electron chi connectivity index (χ3n) is 2.67. The maximum atomic E-state index is 5.59. The van der Waals surface area contributed by atoms with E-state index in [1.54, 1.807) is 7.11 Å². The maximum Gasteiger partial charge on any atom is 0.189 e. The van der Waals surface area contributed by atoms with Gasteiger partial charge in [0, 0.05) is 7.11 Å². The van der Waals surface area contributed by atoms with Crippen LogP contribution in [0.2, 0.25) is 0 Å². The first-order chi connectivity index (χ1) is 5.77. The first-order valence-corrected chi connectivity index (χ1v) is 4.34. The summed E-state index contributed by atoms with van der Waals surface area (Å²) in [6.45, 7) is 1.49. The zero-order chi connectivity index (χ0) is 8.60. The summed E-state index contributed by atoms with van der Waals surface area (Å²) in [6.07, 6.45) is 2.55. The van der Waals surface area contributed by atoms with Gasteiger partial charge < -0.3 is 15.8 Å². The molecule has 0 saturated heterocycles. The molecule has 0 amide bonds. The number of methoxy groups -OCH3 is 1. The molecule has 1 aliphatic carbocycles. The average Bonchev–Trinajstić information content (AvgIpc) is 2.80. The molecule has 68 valence electrons. The van der Waals surface area contributed by atoms with E-state index in [9.17, 15) is 0 Å². The number of guanidine groups is 1. The molecular weight excluding hydrogens is 154 g/mol. The van der Waals surface area contributed by atoms with E-state index >= 15 is 0 Å². The Morgan fingerprint density at radius 1 is 1.75 bits per heavy atom. The Kier molecular flexibility index (Phi) is 1.72. The van der Waals surface area contributed by atoms with Crippen LogP contribution in [0.5, 0.6) is 0 Å². The highest BCUT2D eigenvalue weighted by Gasteiger charge is 2.47. The fourth-order valence-electron chi connectivity index (χ4n) is 1.88. The van der Waals surface area contributed by atoms with Crippen molar-refractivity contribution in [1.29, 1.82) is 0 Å². The first-order valence-electron chi connectivity index (χ1n) is 4.34. The Morgan fingerprint density at radius 2 is 2.50 bits per heavy atom. The van der Waals surface area contributed by atoms with Crippen LogP contribution in [0.15, 0.2) is 4.99 Å². The molecule has 0 radical (unpaired) electrons. The van der Waals surface area contributed by atoms with Gasteiger partial charge in [0.25, 0.3) is 0 Å². The number of rotatable bonds is 3. The standard InChI is InChI=1S/C8H15N3O/c1-12-5-8(6-2-3-6)4-10-7(9)11-8/h6H,2-5H2,1H3,(H3,9,10,11). The molecule has 1 unspecified atom stereocenters. The van der Waals surface area contributed by atoms with E-state index in [1.807, 2.05) is 0 Å². The molecule has 1 atom stereocenters. The van der Waals surface area contributed by atoms with Crippen LogP contribution in [0.4, 0.5) is 0 Å². The predicted molar refractivity (Wildman–Crippen MR) is 47.0 cm³/mol. The van der Waals surface area contributed by atoms with Crippen molar-refractivity contribution in [1.82, 2.24) is 5.32 Å². The Morgan fingerprint density at radius 3 is 2.92 bits per heavy atom. The normalized spacial score (nSPS) is 34.6. The van der Waals surface area contributed by atoms with E-state index in [-0.39, 0.29) is 5.54 Å². The summed E-state index contributed by atoms with van der Waals surface area (Å²) in [5, 5.41) is 3.23. The number of nitrogens with one attached hydrogen (secondary N) is 1. The fraction of sp³-hybridized carbons (Fsp3) is 0.875. The van der Waals surface area contributed by atoms with Crippen molar-refractivity contribution < 1.29 is 4.74 Å². The molecule has 1 fully saturated rings. The van der Waals surface area contributed by atoms with Crippen molar-refractivity contribution in [3.8, 4) is 0 Å². The number of hydrogen-bond donors (Lipinski definition) is 2. The smallest absolute Gasteiger partial charge is 0.189 e. The quantitative estimate of drug-likeness (QED) is 0.609. The predicted octanol–water partition coefficient (Wildman–Crippen LogP) is -0.300. The largest absolute Gasteiger partial charge is 0.382 e. The highest BCUT2D eigenvalue weighted by Crippen LogP contribution is 2.41. The van der Waals surface area contributed by atoms with Gasteiger partial charge in [0.1, 0.15) is 0 Å². The molecular formula is C8H15N3O. The maximum absolute atomic E-state index is 5.59. The molecule has 3 N–H and O–H groups in total. The zero-order valence-corrected chi connectivity index (χ0v) is 7.34. The van der Waals surface area contributed by atoms with Crippen LogP contribution in [0.1, 0.15) is 12.8 Å². The van der Waals surface area contributed by atoms with Crippen molar-refractivity contribution in [2.75, 3.05) is 20.3 Å². The van der Waals surface area contributed by atoms with Crippen molar-refractivity contribution in [3.05, 3.63) is 0 Å². The van der Waals surface area contributed by atoms with Gasteiger partial charge >= 0.3 is 0 Å². The van der Waals surface area contributed by atoms with Gasteiger partial charge in [0.05, 0.1) is 18.7 Å². The molecule has 0 bridgehead atoms. The SMILES string of the molecule is COCC1(C2CC2)CN=C(N)N1. The number of aliphatic imine (C=N–C) groups is 1. The third kappa shape index (κ3) is 1.16. The van der Waals surface area contributed by atoms with E-state index in [0.717, 1.165) is 6.54 Å². The van der Waals surface area contributed by atoms with Crippen molar-refractivity contribution in [2.45, 2.75) is 18.4 Å². The minimum atomic E-state index is 0.0266. The van der Waals surface area contributed by atoms with Crippen LogP contribution in [0.3, 0.4) is 0 Å². The van der Waals surface area contributed by atoms with Crippen molar-refractivity contribution in [3.63, 3.8) is 0 Å². The minimum Gasteiger partial charge on any atom is -0.382 e. The summed E-state index contributed by atoms with van der Waals surface area (Å²) >= 11 is 0. The zero-order valence-electron chi connectivity index (χ0n) is 7.34. The van der Waals surface area contributed by atoms with Gasteiger partial charge in [-0.25, -0.2) is 0 Å². The molecule has 0 aromatic rings. The molecule has 2 rings (SSSR count). The molecule has 4 nitrogen and oxygen atoms in total.